The van der Waals surface area contributed by atoms with Crippen LogP contribution in [0.3, 0.4) is 0 Å². The first-order valence-electron chi connectivity index (χ1n) is 7.67. The lowest BCUT2D eigenvalue weighted by molar-refractivity contribution is -0.152. The number of hydrogen-bond donors (Lipinski definition) is 0. The zero-order valence-electron chi connectivity index (χ0n) is 13.9. The summed E-state index contributed by atoms with van der Waals surface area (Å²) < 4.78 is 37.9. The molecule has 0 bridgehead atoms. The number of nitrogens with zero attached hydrogens (tertiary/aromatic N) is 1. The SMILES string of the molecule is CC(C)(C)OC(=O)N1C[C@H](F)[C@@H](F)[C@H]1C(=O)OCc1ccccc1. The highest BCUT2D eigenvalue weighted by atomic mass is 19.2. The molecule has 0 aliphatic carbocycles. The minimum atomic E-state index is -2.14. The summed E-state index contributed by atoms with van der Waals surface area (Å²) in [6, 6.07) is 7.16. The van der Waals surface area contributed by atoms with Crippen molar-refractivity contribution in [3.05, 3.63) is 35.9 Å². The lowest BCUT2D eigenvalue weighted by Gasteiger charge is -2.27. The maximum absolute atomic E-state index is 14.1. The number of hydrogen-bond acceptors (Lipinski definition) is 4. The van der Waals surface area contributed by atoms with Crippen LogP contribution in [0.5, 0.6) is 0 Å². The Balaban J connectivity index is 2.06. The van der Waals surface area contributed by atoms with Crippen LogP contribution in [0, 0.1) is 0 Å². The van der Waals surface area contributed by atoms with E-state index in [1.54, 1.807) is 51.1 Å². The molecule has 5 nitrogen and oxygen atoms in total. The van der Waals surface area contributed by atoms with Crippen molar-refractivity contribution < 1.29 is 27.8 Å². The molecule has 132 valence electrons. The standard InChI is InChI=1S/C17H21F2NO4/c1-17(2,3)24-16(22)20-9-12(18)13(19)14(20)15(21)23-10-11-7-5-4-6-8-11/h4-8,12-14H,9-10H2,1-3H3/t12-,13+,14-/m0/s1. The summed E-state index contributed by atoms with van der Waals surface area (Å²) in [5, 5.41) is 0. The van der Waals surface area contributed by atoms with Gasteiger partial charge in [-0.05, 0) is 26.3 Å². The molecule has 24 heavy (non-hydrogen) atoms. The molecular formula is C17H21F2NO4. The first-order chi connectivity index (χ1) is 11.2. The molecule has 1 heterocycles. The summed E-state index contributed by atoms with van der Waals surface area (Å²) >= 11 is 0. The lowest BCUT2D eigenvalue weighted by atomic mass is 10.2. The predicted octanol–water partition coefficient (Wildman–Crippen LogP) is 3.03. The minimum Gasteiger partial charge on any atom is -0.459 e. The molecule has 0 spiro atoms. The third-order valence-electron chi connectivity index (χ3n) is 3.45. The Morgan fingerprint density at radius 1 is 1.21 bits per heavy atom. The predicted molar refractivity (Wildman–Crippen MR) is 82.8 cm³/mol. The maximum Gasteiger partial charge on any atom is 0.411 e. The van der Waals surface area contributed by atoms with Crippen molar-refractivity contribution in [1.82, 2.24) is 4.90 Å². The summed E-state index contributed by atoms with van der Waals surface area (Å²) in [5.74, 6) is -0.989. The van der Waals surface area contributed by atoms with Gasteiger partial charge in [0.2, 0.25) is 0 Å². The molecule has 2 rings (SSSR count). The third-order valence-corrected chi connectivity index (χ3v) is 3.45. The second-order valence-corrected chi connectivity index (χ2v) is 6.63. The molecule has 3 atom stereocenters. The van der Waals surface area contributed by atoms with Gasteiger partial charge >= 0.3 is 12.1 Å². The van der Waals surface area contributed by atoms with Gasteiger partial charge in [0.15, 0.2) is 18.4 Å². The number of esters is 1. The molecule has 7 heteroatoms. The summed E-state index contributed by atoms with van der Waals surface area (Å²) in [7, 11) is 0. The number of ether oxygens (including phenoxy) is 2. The van der Waals surface area contributed by atoms with Crippen LogP contribution in [0.25, 0.3) is 0 Å². The second kappa shape index (κ2) is 7.15. The Kier molecular flexibility index (Phi) is 5.41. The van der Waals surface area contributed by atoms with Crippen LogP contribution in [-0.4, -0.2) is 47.5 Å². The van der Waals surface area contributed by atoms with Crippen molar-refractivity contribution in [2.75, 3.05) is 6.54 Å². The van der Waals surface area contributed by atoms with Crippen LogP contribution in [0.2, 0.25) is 0 Å². The van der Waals surface area contributed by atoms with Crippen molar-refractivity contribution in [2.45, 2.75) is 51.4 Å². The summed E-state index contributed by atoms with van der Waals surface area (Å²) in [6.07, 6.45) is -5.03. The van der Waals surface area contributed by atoms with Gasteiger partial charge in [-0.25, -0.2) is 18.4 Å². The Morgan fingerprint density at radius 3 is 2.42 bits per heavy atom. The zero-order chi connectivity index (χ0) is 17.9. The number of likely N-dealkylation sites (tertiary alicyclic amines) is 1. The Bertz CT molecular complexity index is 588. The minimum absolute atomic E-state index is 0.0813. The first kappa shape index (κ1) is 18.2. The highest BCUT2D eigenvalue weighted by Crippen LogP contribution is 2.27. The monoisotopic (exact) mass is 341 g/mol. The van der Waals surface area contributed by atoms with Gasteiger partial charge in [-0.3, -0.25) is 4.90 Å². The Hall–Kier alpha value is -2.18. The van der Waals surface area contributed by atoms with Crippen molar-refractivity contribution in [1.29, 1.82) is 0 Å². The molecule has 0 saturated carbocycles. The largest absolute Gasteiger partial charge is 0.459 e. The Morgan fingerprint density at radius 2 is 1.83 bits per heavy atom. The van der Waals surface area contributed by atoms with Crippen LogP contribution < -0.4 is 0 Å². The molecule has 0 aromatic heterocycles. The summed E-state index contributed by atoms with van der Waals surface area (Å²) in [5.41, 5.74) is -0.129. The fraction of sp³-hybridized carbons (Fsp3) is 0.529. The number of carbonyl (C=O) groups excluding carboxylic acids is 2. The van der Waals surface area contributed by atoms with Gasteiger partial charge in [0.05, 0.1) is 6.54 Å². The normalized spacial score (nSPS) is 23.9. The number of carbonyl (C=O) groups is 2. The van der Waals surface area contributed by atoms with E-state index in [4.69, 9.17) is 9.47 Å². The fourth-order valence-electron chi connectivity index (χ4n) is 2.35. The number of halogens is 2. The molecule has 1 aliphatic rings. The molecular weight excluding hydrogens is 320 g/mol. The van der Waals surface area contributed by atoms with E-state index in [9.17, 15) is 18.4 Å². The maximum atomic E-state index is 14.1. The van der Waals surface area contributed by atoms with E-state index in [0.29, 0.717) is 5.56 Å². The van der Waals surface area contributed by atoms with Crippen molar-refractivity contribution in [3.63, 3.8) is 0 Å². The number of benzene rings is 1. The molecule has 1 aromatic carbocycles. The van der Waals surface area contributed by atoms with E-state index in [1.807, 2.05) is 0 Å². The van der Waals surface area contributed by atoms with E-state index in [-0.39, 0.29) is 6.61 Å². The highest BCUT2D eigenvalue weighted by molar-refractivity contribution is 5.83. The quantitative estimate of drug-likeness (QED) is 0.793. The van der Waals surface area contributed by atoms with Crippen molar-refractivity contribution in [3.8, 4) is 0 Å². The molecule has 1 fully saturated rings. The van der Waals surface area contributed by atoms with Crippen LogP contribution in [-0.2, 0) is 20.9 Å². The number of amides is 1. The zero-order valence-corrected chi connectivity index (χ0v) is 13.9. The van der Waals surface area contributed by atoms with Crippen LogP contribution >= 0.6 is 0 Å². The fourth-order valence-corrected chi connectivity index (χ4v) is 2.35. The van der Waals surface area contributed by atoms with E-state index in [1.165, 1.54) is 0 Å². The molecule has 0 N–H and O–H groups in total. The second-order valence-electron chi connectivity index (χ2n) is 6.63. The van der Waals surface area contributed by atoms with Gasteiger partial charge in [0.25, 0.3) is 0 Å². The van der Waals surface area contributed by atoms with Crippen LogP contribution in [0.4, 0.5) is 13.6 Å². The average molecular weight is 341 g/mol. The third kappa shape index (κ3) is 4.43. The smallest absolute Gasteiger partial charge is 0.411 e. The van der Waals surface area contributed by atoms with E-state index < -0.39 is 42.6 Å². The van der Waals surface area contributed by atoms with Crippen LogP contribution in [0.1, 0.15) is 26.3 Å². The van der Waals surface area contributed by atoms with Gasteiger partial charge in [-0.1, -0.05) is 30.3 Å². The average Bonchev–Trinajstić information content (AvgIpc) is 2.80. The van der Waals surface area contributed by atoms with Gasteiger partial charge in [0, 0.05) is 0 Å². The first-order valence-corrected chi connectivity index (χ1v) is 7.67. The molecule has 1 saturated heterocycles. The lowest BCUT2D eigenvalue weighted by Crippen LogP contribution is -2.46. The summed E-state index contributed by atoms with van der Waals surface area (Å²) in [6.45, 7) is 4.26. The van der Waals surface area contributed by atoms with Gasteiger partial charge in [-0.15, -0.1) is 0 Å². The topological polar surface area (TPSA) is 55.8 Å². The highest BCUT2D eigenvalue weighted by Gasteiger charge is 2.51. The van der Waals surface area contributed by atoms with Crippen molar-refractivity contribution >= 4 is 12.1 Å². The van der Waals surface area contributed by atoms with Gasteiger partial charge in [-0.2, -0.15) is 0 Å². The van der Waals surface area contributed by atoms with Gasteiger partial charge in [0.1, 0.15) is 12.2 Å². The van der Waals surface area contributed by atoms with E-state index in [0.717, 1.165) is 4.90 Å². The van der Waals surface area contributed by atoms with E-state index in [2.05, 4.69) is 0 Å². The van der Waals surface area contributed by atoms with E-state index >= 15 is 0 Å². The molecule has 1 aromatic rings. The molecule has 1 amide bonds. The molecule has 1 aliphatic heterocycles. The van der Waals surface area contributed by atoms with Gasteiger partial charge < -0.3 is 9.47 Å². The molecule has 0 radical (unpaired) electrons. The number of alkyl halides is 2. The van der Waals surface area contributed by atoms with Crippen LogP contribution in [0.15, 0.2) is 30.3 Å². The Labute approximate surface area is 139 Å². The van der Waals surface area contributed by atoms with Crippen molar-refractivity contribution in [2.24, 2.45) is 0 Å². The summed E-state index contributed by atoms with van der Waals surface area (Å²) in [4.78, 5) is 25.0. The number of rotatable bonds is 3. The molecule has 0 unspecified atom stereocenters.